The molecule has 0 aromatic heterocycles. The van der Waals surface area contributed by atoms with Crippen LogP contribution in [0.5, 0.6) is 5.75 Å². The van der Waals surface area contributed by atoms with E-state index in [9.17, 15) is 9.59 Å². The zero-order valence-electron chi connectivity index (χ0n) is 18.4. The molecule has 5 rings (SSSR count). The van der Waals surface area contributed by atoms with Crippen molar-refractivity contribution in [2.24, 2.45) is 0 Å². The van der Waals surface area contributed by atoms with Crippen molar-refractivity contribution in [1.29, 1.82) is 0 Å². The summed E-state index contributed by atoms with van der Waals surface area (Å²) in [7, 11) is 0. The van der Waals surface area contributed by atoms with Gasteiger partial charge in [0.1, 0.15) is 12.4 Å². The fourth-order valence-electron chi connectivity index (χ4n) is 3.87. The van der Waals surface area contributed by atoms with Crippen molar-refractivity contribution in [3.05, 3.63) is 117 Å². The summed E-state index contributed by atoms with van der Waals surface area (Å²) in [5.41, 5.74) is 2.45. The van der Waals surface area contributed by atoms with Crippen molar-refractivity contribution in [1.82, 2.24) is 4.90 Å². The number of imide groups is 1. The summed E-state index contributed by atoms with van der Waals surface area (Å²) in [4.78, 5) is 27.3. The molecule has 35 heavy (non-hydrogen) atoms. The number of nitrogens with zero attached hydrogens (tertiary/aromatic N) is 1. The molecule has 1 aliphatic heterocycles. The van der Waals surface area contributed by atoms with E-state index in [0.29, 0.717) is 20.7 Å². The number of carbonyl (C=O) groups excluding carboxylic acids is 2. The molecule has 1 heterocycles. The molecule has 0 unspecified atom stereocenters. The average Bonchev–Trinajstić information content (AvgIpc) is 3.12. The molecule has 7 heteroatoms. The minimum Gasteiger partial charge on any atom is -0.489 e. The fraction of sp³-hybridized carbons (Fsp3) is 0.0714. The van der Waals surface area contributed by atoms with Crippen molar-refractivity contribution in [2.75, 3.05) is 0 Å². The number of ether oxygens (including phenoxy) is 1. The van der Waals surface area contributed by atoms with Crippen LogP contribution in [-0.2, 0) is 17.9 Å². The Balaban J connectivity index is 1.28. The molecular formula is C28H19Cl2NO3S. The Morgan fingerprint density at radius 1 is 0.829 bits per heavy atom. The van der Waals surface area contributed by atoms with Crippen LogP contribution < -0.4 is 4.74 Å². The summed E-state index contributed by atoms with van der Waals surface area (Å²) in [6.07, 6.45) is 1.72. The molecule has 1 saturated heterocycles. The lowest BCUT2D eigenvalue weighted by Gasteiger charge is -2.14. The topological polar surface area (TPSA) is 46.6 Å². The van der Waals surface area contributed by atoms with Crippen LogP contribution in [0.3, 0.4) is 0 Å². The Kier molecular flexibility index (Phi) is 6.82. The van der Waals surface area contributed by atoms with Gasteiger partial charge >= 0.3 is 0 Å². The third kappa shape index (κ3) is 5.08. The van der Waals surface area contributed by atoms with Crippen LogP contribution in [0.1, 0.15) is 16.7 Å². The number of benzene rings is 4. The van der Waals surface area contributed by atoms with Crippen LogP contribution in [0.2, 0.25) is 10.0 Å². The molecule has 0 radical (unpaired) electrons. The third-order valence-electron chi connectivity index (χ3n) is 5.70. The van der Waals surface area contributed by atoms with E-state index in [1.807, 2.05) is 54.6 Å². The predicted octanol–water partition coefficient (Wildman–Crippen LogP) is 7.96. The monoisotopic (exact) mass is 519 g/mol. The second kappa shape index (κ2) is 10.2. The molecule has 4 aromatic carbocycles. The van der Waals surface area contributed by atoms with E-state index >= 15 is 0 Å². The molecule has 4 nitrogen and oxygen atoms in total. The number of rotatable bonds is 6. The second-order valence-electron chi connectivity index (χ2n) is 7.96. The van der Waals surface area contributed by atoms with Gasteiger partial charge in [0.15, 0.2) is 0 Å². The molecular weight excluding hydrogens is 501 g/mol. The molecule has 0 spiro atoms. The lowest BCUT2D eigenvalue weighted by atomic mass is 10.0. The van der Waals surface area contributed by atoms with Gasteiger partial charge in [0.25, 0.3) is 11.1 Å². The number of halogens is 2. The molecule has 4 aromatic rings. The maximum Gasteiger partial charge on any atom is 0.293 e. The van der Waals surface area contributed by atoms with Gasteiger partial charge in [-0.15, -0.1) is 0 Å². The van der Waals surface area contributed by atoms with Gasteiger partial charge in [0.05, 0.1) is 11.4 Å². The normalized spacial score (nSPS) is 14.8. The average molecular weight is 520 g/mol. The number of thioether (sulfide) groups is 1. The molecule has 2 amide bonds. The molecule has 0 saturated carbocycles. The van der Waals surface area contributed by atoms with Crippen LogP contribution in [0.4, 0.5) is 4.79 Å². The summed E-state index contributed by atoms with van der Waals surface area (Å²) in [5, 5.41) is 2.94. The van der Waals surface area contributed by atoms with E-state index in [2.05, 4.69) is 0 Å². The Morgan fingerprint density at radius 2 is 1.51 bits per heavy atom. The second-order valence-corrected chi connectivity index (χ2v) is 9.77. The van der Waals surface area contributed by atoms with E-state index in [4.69, 9.17) is 27.9 Å². The van der Waals surface area contributed by atoms with Gasteiger partial charge in [0, 0.05) is 15.6 Å². The van der Waals surface area contributed by atoms with Gasteiger partial charge in [-0.1, -0.05) is 83.9 Å². The van der Waals surface area contributed by atoms with Crippen LogP contribution in [0.15, 0.2) is 89.8 Å². The first-order valence-electron chi connectivity index (χ1n) is 10.9. The molecule has 0 aliphatic carbocycles. The van der Waals surface area contributed by atoms with Crippen molar-refractivity contribution in [3.63, 3.8) is 0 Å². The predicted molar refractivity (Wildman–Crippen MR) is 143 cm³/mol. The largest absolute Gasteiger partial charge is 0.489 e. The highest BCUT2D eigenvalue weighted by atomic mass is 35.5. The highest BCUT2D eigenvalue weighted by Gasteiger charge is 2.35. The highest BCUT2D eigenvalue weighted by molar-refractivity contribution is 8.18. The maximum atomic E-state index is 13.0. The van der Waals surface area contributed by atoms with E-state index in [0.717, 1.165) is 39.2 Å². The maximum absolute atomic E-state index is 13.0. The number of hydrogen-bond acceptors (Lipinski definition) is 4. The minimum atomic E-state index is -0.290. The van der Waals surface area contributed by atoms with Gasteiger partial charge in [-0.3, -0.25) is 14.5 Å². The molecule has 0 N–H and O–H groups in total. The van der Waals surface area contributed by atoms with Crippen molar-refractivity contribution in [2.45, 2.75) is 13.2 Å². The highest BCUT2D eigenvalue weighted by Crippen LogP contribution is 2.34. The van der Waals surface area contributed by atoms with Crippen LogP contribution in [0.25, 0.3) is 16.8 Å². The molecule has 1 fully saturated rings. The van der Waals surface area contributed by atoms with Gasteiger partial charge < -0.3 is 4.74 Å². The van der Waals surface area contributed by atoms with Gasteiger partial charge in [-0.2, -0.15) is 0 Å². The quantitative estimate of drug-likeness (QED) is 0.242. The summed E-state index contributed by atoms with van der Waals surface area (Å²) < 4.78 is 5.81. The summed E-state index contributed by atoms with van der Waals surface area (Å²) in [5.74, 6) is 0.351. The van der Waals surface area contributed by atoms with Gasteiger partial charge in [-0.25, -0.2) is 0 Å². The van der Waals surface area contributed by atoms with Crippen LogP contribution in [-0.4, -0.2) is 16.0 Å². The van der Waals surface area contributed by atoms with Crippen molar-refractivity contribution >= 4 is 63.0 Å². The van der Waals surface area contributed by atoms with Gasteiger partial charge in [0.2, 0.25) is 0 Å². The molecule has 1 aliphatic rings. The van der Waals surface area contributed by atoms with Crippen LogP contribution >= 0.6 is 35.0 Å². The standard InChI is InChI=1S/C28H19Cl2NO3S/c29-24-9-4-10-25(30)23(24)17-34-21-13-11-18(12-14-21)15-26-27(32)31(28(33)35-26)16-20-7-3-6-19-5-1-2-8-22(19)20/h1-15H,16-17H2/b26-15-. The Labute approximate surface area is 217 Å². The third-order valence-corrected chi connectivity index (χ3v) is 7.32. The lowest BCUT2D eigenvalue weighted by Crippen LogP contribution is -2.27. The number of hydrogen-bond donors (Lipinski definition) is 0. The molecule has 0 atom stereocenters. The SMILES string of the molecule is O=C1S/C(=C\c2ccc(OCc3c(Cl)cccc3Cl)cc2)C(=O)N1Cc1cccc2ccccc12. The van der Waals surface area contributed by atoms with Gasteiger partial charge in [-0.05, 0) is 64.0 Å². The Hall–Kier alpha value is -3.25. The van der Waals surface area contributed by atoms with Crippen LogP contribution in [0, 0.1) is 0 Å². The summed E-state index contributed by atoms with van der Waals surface area (Å²) >= 11 is 13.3. The smallest absolute Gasteiger partial charge is 0.293 e. The first-order chi connectivity index (χ1) is 17.0. The number of amides is 2. The van der Waals surface area contributed by atoms with E-state index in [1.165, 1.54) is 4.90 Å². The Bertz CT molecular complexity index is 1440. The van der Waals surface area contributed by atoms with Crippen molar-refractivity contribution in [3.8, 4) is 5.75 Å². The zero-order valence-corrected chi connectivity index (χ0v) is 20.7. The summed E-state index contributed by atoms with van der Waals surface area (Å²) in [6, 6.07) is 26.4. The zero-order chi connectivity index (χ0) is 24.4. The Morgan fingerprint density at radius 3 is 2.29 bits per heavy atom. The first-order valence-corrected chi connectivity index (χ1v) is 12.4. The van der Waals surface area contributed by atoms with Crippen molar-refractivity contribution < 1.29 is 14.3 Å². The molecule has 174 valence electrons. The number of carbonyl (C=O) groups is 2. The fourth-order valence-corrected chi connectivity index (χ4v) is 5.22. The minimum absolute atomic E-state index is 0.237. The van der Waals surface area contributed by atoms with E-state index in [-0.39, 0.29) is 24.3 Å². The molecule has 0 bridgehead atoms. The lowest BCUT2D eigenvalue weighted by molar-refractivity contribution is -0.123. The van der Waals surface area contributed by atoms with E-state index < -0.39 is 0 Å². The van der Waals surface area contributed by atoms with E-state index in [1.54, 1.807) is 36.4 Å². The number of fused-ring (bicyclic) bond motifs is 1. The first kappa shape index (κ1) is 23.5. The summed E-state index contributed by atoms with van der Waals surface area (Å²) in [6.45, 7) is 0.478.